The molecule has 0 aromatic carbocycles. The lowest BCUT2D eigenvalue weighted by Crippen LogP contribution is -1.93. The molecule has 7 heteroatoms. The van der Waals surface area contributed by atoms with E-state index in [0.29, 0.717) is 11.5 Å². The van der Waals surface area contributed by atoms with Crippen LogP contribution in [0.5, 0.6) is 0 Å². The predicted molar refractivity (Wildman–Crippen MR) is 35.0 cm³/mol. The zero-order valence-corrected chi connectivity index (χ0v) is 6.49. The molecule has 11 heavy (non-hydrogen) atoms. The smallest absolute Gasteiger partial charge is 0.275 e. The van der Waals surface area contributed by atoms with E-state index in [1.165, 1.54) is 0 Å². The molecule has 0 radical (unpaired) electrons. The fourth-order valence-electron chi connectivity index (χ4n) is 0.477. The molecule has 1 heterocycles. The summed E-state index contributed by atoms with van der Waals surface area (Å²) in [6.45, 7) is 0. The van der Waals surface area contributed by atoms with E-state index in [9.17, 15) is 13.6 Å². The van der Waals surface area contributed by atoms with Gasteiger partial charge >= 0.3 is 0 Å². The largest absolute Gasteiger partial charge is 0.283 e. The summed E-state index contributed by atoms with van der Waals surface area (Å²) in [5.41, 5.74) is -0.644. The third kappa shape index (κ3) is 1.69. The Morgan fingerprint density at radius 3 is 2.64 bits per heavy atom. The van der Waals surface area contributed by atoms with Crippen LogP contribution in [0.3, 0.4) is 0 Å². The van der Waals surface area contributed by atoms with E-state index in [-0.39, 0.29) is 4.88 Å². The maximum atomic E-state index is 11.9. The maximum absolute atomic E-state index is 11.9. The number of rotatable bonds is 2. The summed E-state index contributed by atoms with van der Waals surface area (Å²) in [6, 6.07) is 0. The van der Waals surface area contributed by atoms with Gasteiger partial charge in [0, 0.05) is 0 Å². The SMILES string of the molecule is O=C(Cl)c1snnc1C(F)F. The third-order valence-electron chi connectivity index (χ3n) is 0.899. The molecule has 1 rings (SSSR count). The molecular weight excluding hydrogens is 198 g/mol. The van der Waals surface area contributed by atoms with Crippen molar-refractivity contribution in [2.45, 2.75) is 6.43 Å². The van der Waals surface area contributed by atoms with Gasteiger partial charge < -0.3 is 0 Å². The van der Waals surface area contributed by atoms with Crippen molar-refractivity contribution in [3.05, 3.63) is 10.6 Å². The highest BCUT2D eigenvalue weighted by Crippen LogP contribution is 2.23. The Bertz CT molecular complexity index is 277. The zero-order chi connectivity index (χ0) is 8.43. The van der Waals surface area contributed by atoms with Gasteiger partial charge in [0.25, 0.3) is 11.7 Å². The molecule has 1 aromatic rings. The highest BCUT2D eigenvalue weighted by atomic mass is 35.5. The lowest BCUT2D eigenvalue weighted by Gasteiger charge is -1.91. The second-order valence-electron chi connectivity index (χ2n) is 1.56. The van der Waals surface area contributed by atoms with Crippen molar-refractivity contribution in [1.82, 2.24) is 9.59 Å². The van der Waals surface area contributed by atoms with Crippen LogP contribution in [-0.4, -0.2) is 14.8 Å². The molecule has 3 nitrogen and oxygen atoms in total. The lowest BCUT2D eigenvalue weighted by molar-refractivity contribution is 0.106. The first kappa shape index (κ1) is 8.48. The van der Waals surface area contributed by atoms with E-state index in [1.807, 2.05) is 0 Å². The Kier molecular flexibility index (Phi) is 2.45. The van der Waals surface area contributed by atoms with Gasteiger partial charge in [-0.2, -0.15) is 0 Å². The Morgan fingerprint density at radius 2 is 2.27 bits per heavy atom. The summed E-state index contributed by atoms with van der Waals surface area (Å²) in [7, 11) is 0. The highest BCUT2D eigenvalue weighted by Gasteiger charge is 2.21. The van der Waals surface area contributed by atoms with Gasteiger partial charge in [-0.25, -0.2) is 8.78 Å². The average Bonchev–Trinajstić information content (AvgIpc) is 2.32. The van der Waals surface area contributed by atoms with Crippen LogP contribution in [0.15, 0.2) is 0 Å². The van der Waals surface area contributed by atoms with Crippen LogP contribution >= 0.6 is 23.1 Å². The standard InChI is InChI=1S/C4HClF2N2OS/c5-3(10)2-1(4(6)7)8-9-11-2/h4H. The molecule has 0 spiro atoms. The van der Waals surface area contributed by atoms with Crippen molar-refractivity contribution in [1.29, 1.82) is 0 Å². The zero-order valence-electron chi connectivity index (χ0n) is 4.92. The second kappa shape index (κ2) is 3.19. The second-order valence-corrected chi connectivity index (χ2v) is 2.66. The minimum atomic E-state index is -2.80. The summed E-state index contributed by atoms with van der Waals surface area (Å²) in [4.78, 5) is 10.1. The van der Waals surface area contributed by atoms with Crippen molar-refractivity contribution in [3.63, 3.8) is 0 Å². The van der Waals surface area contributed by atoms with Crippen molar-refractivity contribution in [2.24, 2.45) is 0 Å². The molecule has 0 atom stereocenters. The van der Waals surface area contributed by atoms with Gasteiger partial charge in [0.1, 0.15) is 4.88 Å². The van der Waals surface area contributed by atoms with Gasteiger partial charge in [-0.3, -0.25) is 4.79 Å². The topological polar surface area (TPSA) is 42.9 Å². The van der Waals surface area contributed by atoms with E-state index in [1.54, 1.807) is 0 Å². The first-order chi connectivity index (χ1) is 5.13. The Balaban J connectivity index is 3.06. The third-order valence-corrected chi connectivity index (χ3v) is 1.94. The number of carbonyl (C=O) groups excluding carboxylic acids is 1. The molecule has 0 saturated heterocycles. The van der Waals surface area contributed by atoms with Crippen molar-refractivity contribution < 1.29 is 13.6 Å². The van der Waals surface area contributed by atoms with Crippen LogP contribution < -0.4 is 0 Å². The van der Waals surface area contributed by atoms with E-state index in [4.69, 9.17) is 11.6 Å². The molecule has 0 aliphatic rings. The van der Waals surface area contributed by atoms with E-state index in [0.717, 1.165) is 0 Å². The number of alkyl halides is 2. The first-order valence-electron chi connectivity index (χ1n) is 2.43. The van der Waals surface area contributed by atoms with Crippen LogP contribution in [0.1, 0.15) is 21.8 Å². The Labute approximate surface area is 69.1 Å². The van der Waals surface area contributed by atoms with Gasteiger partial charge in [-0.05, 0) is 23.1 Å². The molecule has 0 N–H and O–H groups in total. The number of hydrogen-bond donors (Lipinski definition) is 0. The van der Waals surface area contributed by atoms with Crippen molar-refractivity contribution >= 4 is 28.4 Å². The fourth-order valence-corrected chi connectivity index (χ4v) is 1.18. The summed E-state index contributed by atoms with van der Waals surface area (Å²) < 4.78 is 27.0. The number of nitrogens with zero attached hydrogens (tertiary/aromatic N) is 2. The summed E-state index contributed by atoms with van der Waals surface area (Å²) in [5.74, 6) is 0. The molecule has 0 amide bonds. The summed E-state index contributed by atoms with van der Waals surface area (Å²) >= 11 is 5.52. The number of carbonyl (C=O) groups is 1. The van der Waals surface area contributed by atoms with Gasteiger partial charge in [-0.1, -0.05) is 4.49 Å². The molecule has 0 aliphatic carbocycles. The van der Waals surface area contributed by atoms with Gasteiger partial charge in [0.2, 0.25) is 0 Å². The molecular formula is C4HClF2N2OS. The number of aromatic nitrogens is 2. The van der Waals surface area contributed by atoms with E-state index in [2.05, 4.69) is 9.59 Å². The van der Waals surface area contributed by atoms with Crippen LogP contribution in [0, 0.1) is 0 Å². The monoisotopic (exact) mass is 198 g/mol. The lowest BCUT2D eigenvalue weighted by atomic mass is 10.4. The van der Waals surface area contributed by atoms with Crippen LogP contribution in [0.25, 0.3) is 0 Å². The van der Waals surface area contributed by atoms with Crippen molar-refractivity contribution in [3.8, 4) is 0 Å². The number of halogens is 3. The van der Waals surface area contributed by atoms with E-state index >= 15 is 0 Å². The molecule has 1 aromatic heterocycles. The molecule has 0 unspecified atom stereocenters. The van der Waals surface area contributed by atoms with Gasteiger partial charge in [-0.15, -0.1) is 5.10 Å². The number of hydrogen-bond acceptors (Lipinski definition) is 4. The molecule has 0 saturated carbocycles. The van der Waals surface area contributed by atoms with E-state index < -0.39 is 17.4 Å². The van der Waals surface area contributed by atoms with Crippen molar-refractivity contribution in [2.75, 3.05) is 0 Å². The quantitative estimate of drug-likeness (QED) is 0.682. The van der Waals surface area contributed by atoms with Gasteiger partial charge in [0.15, 0.2) is 5.69 Å². The van der Waals surface area contributed by atoms with Crippen LogP contribution in [-0.2, 0) is 0 Å². The summed E-state index contributed by atoms with van der Waals surface area (Å²) in [6.07, 6.45) is -2.80. The normalized spacial score (nSPS) is 10.5. The minimum Gasteiger partial charge on any atom is -0.275 e. The molecule has 0 aliphatic heterocycles. The molecule has 0 bridgehead atoms. The Hall–Kier alpha value is -0.620. The first-order valence-corrected chi connectivity index (χ1v) is 3.58. The van der Waals surface area contributed by atoms with Gasteiger partial charge in [0.05, 0.1) is 0 Å². The minimum absolute atomic E-state index is 0.290. The summed E-state index contributed by atoms with van der Waals surface area (Å²) in [5, 5.41) is 2.10. The molecule has 60 valence electrons. The Morgan fingerprint density at radius 1 is 1.64 bits per heavy atom. The highest BCUT2D eigenvalue weighted by molar-refractivity contribution is 7.10. The average molecular weight is 199 g/mol. The molecule has 0 fully saturated rings. The predicted octanol–water partition coefficient (Wildman–Crippen LogP) is 1.85. The van der Waals surface area contributed by atoms with Crippen LogP contribution in [0.4, 0.5) is 8.78 Å². The fraction of sp³-hybridized carbons (Fsp3) is 0.250. The maximum Gasteiger partial charge on any atom is 0.283 e. The van der Waals surface area contributed by atoms with Crippen LogP contribution in [0.2, 0.25) is 0 Å².